The second kappa shape index (κ2) is 4.71. The van der Waals surface area contributed by atoms with Crippen LogP contribution in [0.25, 0.3) is 0 Å². The number of carbonyl (C=O) groups is 3. The molecule has 14 heavy (non-hydrogen) atoms. The highest BCUT2D eigenvalue weighted by molar-refractivity contribution is 6.05. The van der Waals surface area contributed by atoms with Crippen molar-refractivity contribution in [1.82, 2.24) is 16.0 Å². The molecule has 3 N–H and O–H groups in total. The minimum Gasteiger partial charge on any atom is -0.355 e. The Kier molecular flexibility index (Phi) is 3.58. The van der Waals surface area contributed by atoms with Crippen LogP contribution >= 0.6 is 0 Å². The molecule has 1 aliphatic heterocycles. The molecular formula is C8H13N3O3. The van der Waals surface area contributed by atoms with Gasteiger partial charge < -0.3 is 10.6 Å². The number of carbonyl (C=O) groups excluding carboxylic acids is 3. The van der Waals surface area contributed by atoms with Crippen LogP contribution in [0, 0.1) is 0 Å². The minimum atomic E-state index is -0.448. The van der Waals surface area contributed by atoms with Gasteiger partial charge in [0.1, 0.15) is 0 Å². The van der Waals surface area contributed by atoms with Gasteiger partial charge in [-0.3, -0.25) is 19.7 Å². The third kappa shape index (κ3) is 3.14. The number of nitrogens with one attached hydrogen (secondary N) is 3. The lowest BCUT2D eigenvalue weighted by Crippen LogP contribution is -2.40. The van der Waals surface area contributed by atoms with Crippen molar-refractivity contribution < 1.29 is 14.4 Å². The molecule has 0 saturated carbocycles. The first-order valence-electron chi connectivity index (χ1n) is 4.41. The maximum atomic E-state index is 11.0. The second-order valence-electron chi connectivity index (χ2n) is 3.11. The van der Waals surface area contributed by atoms with Crippen LogP contribution in [0.5, 0.6) is 0 Å². The van der Waals surface area contributed by atoms with Crippen molar-refractivity contribution in [3.63, 3.8) is 0 Å². The van der Waals surface area contributed by atoms with Crippen molar-refractivity contribution in [3.8, 4) is 0 Å². The summed E-state index contributed by atoms with van der Waals surface area (Å²) in [6.45, 7) is 2.35. The highest BCUT2D eigenvalue weighted by Gasteiger charge is 2.29. The predicted molar refractivity (Wildman–Crippen MR) is 48.2 cm³/mol. The van der Waals surface area contributed by atoms with Gasteiger partial charge in [0.15, 0.2) is 0 Å². The molecule has 1 fully saturated rings. The standard InChI is InChI=1S/C8H13N3O3/c1-5(12)9-2-3-10-6-4-7(13)11-8(6)14/h6,10H,2-4H2,1H3,(H,9,12)(H,11,13,14)/t6-/m0/s1. The van der Waals surface area contributed by atoms with Gasteiger partial charge in [0, 0.05) is 20.0 Å². The predicted octanol–water partition coefficient (Wildman–Crippen LogP) is -1.87. The van der Waals surface area contributed by atoms with Gasteiger partial charge in [-0.05, 0) is 0 Å². The first-order valence-corrected chi connectivity index (χ1v) is 4.41. The number of amides is 3. The summed E-state index contributed by atoms with van der Waals surface area (Å²) >= 11 is 0. The molecule has 78 valence electrons. The monoisotopic (exact) mass is 199 g/mol. The van der Waals surface area contributed by atoms with Crippen LogP contribution in [-0.2, 0) is 14.4 Å². The molecule has 0 unspecified atom stereocenters. The lowest BCUT2D eigenvalue weighted by atomic mass is 10.2. The van der Waals surface area contributed by atoms with Gasteiger partial charge in [0.25, 0.3) is 0 Å². The van der Waals surface area contributed by atoms with Crippen LogP contribution in [0.2, 0.25) is 0 Å². The van der Waals surface area contributed by atoms with E-state index < -0.39 is 6.04 Å². The van der Waals surface area contributed by atoms with Crippen molar-refractivity contribution in [1.29, 1.82) is 0 Å². The zero-order valence-electron chi connectivity index (χ0n) is 7.92. The summed E-state index contributed by atoms with van der Waals surface area (Å²) in [7, 11) is 0. The maximum absolute atomic E-state index is 11.0. The fourth-order valence-corrected chi connectivity index (χ4v) is 1.20. The lowest BCUT2D eigenvalue weighted by molar-refractivity contribution is -0.125. The highest BCUT2D eigenvalue weighted by atomic mass is 16.2. The van der Waals surface area contributed by atoms with Crippen LogP contribution in [0.4, 0.5) is 0 Å². The van der Waals surface area contributed by atoms with Crippen molar-refractivity contribution in [3.05, 3.63) is 0 Å². The van der Waals surface area contributed by atoms with E-state index in [1.54, 1.807) is 0 Å². The van der Waals surface area contributed by atoms with Gasteiger partial charge in [-0.1, -0.05) is 0 Å². The van der Waals surface area contributed by atoms with Crippen molar-refractivity contribution in [2.24, 2.45) is 0 Å². The molecule has 1 saturated heterocycles. The first kappa shape index (κ1) is 10.6. The SMILES string of the molecule is CC(=O)NCCN[C@H]1CC(=O)NC1=O. The molecule has 6 nitrogen and oxygen atoms in total. The second-order valence-corrected chi connectivity index (χ2v) is 3.11. The van der Waals surface area contributed by atoms with Gasteiger partial charge in [-0.2, -0.15) is 0 Å². The largest absolute Gasteiger partial charge is 0.355 e. The van der Waals surface area contributed by atoms with Crippen molar-refractivity contribution in [2.75, 3.05) is 13.1 Å². The molecule has 6 heteroatoms. The molecule has 0 radical (unpaired) electrons. The average molecular weight is 199 g/mol. The van der Waals surface area contributed by atoms with Crippen LogP contribution in [0.3, 0.4) is 0 Å². The fraction of sp³-hybridized carbons (Fsp3) is 0.625. The van der Waals surface area contributed by atoms with E-state index in [0.29, 0.717) is 13.1 Å². The Bertz CT molecular complexity index is 265. The van der Waals surface area contributed by atoms with Gasteiger partial charge in [-0.15, -0.1) is 0 Å². The summed E-state index contributed by atoms with van der Waals surface area (Å²) < 4.78 is 0. The van der Waals surface area contributed by atoms with Crippen molar-refractivity contribution >= 4 is 17.7 Å². The number of hydrogen-bond acceptors (Lipinski definition) is 4. The third-order valence-electron chi connectivity index (χ3n) is 1.86. The zero-order chi connectivity index (χ0) is 10.6. The van der Waals surface area contributed by atoms with E-state index in [1.165, 1.54) is 6.92 Å². The molecule has 0 aromatic carbocycles. The van der Waals surface area contributed by atoms with E-state index in [2.05, 4.69) is 16.0 Å². The molecule has 3 amide bonds. The summed E-state index contributed by atoms with van der Waals surface area (Å²) in [4.78, 5) is 32.3. The lowest BCUT2D eigenvalue weighted by Gasteiger charge is -2.08. The Labute approximate surface area is 81.4 Å². The van der Waals surface area contributed by atoms with Gasteiger partial charge >= 0.3 is 0 Å². The molecule has 0 bridgehead atoms. The Balaban J connectivity index is 2.16. The molecule has 1 heterocycles. The van der Waals surface area contributed by atoms with Crippen LogP contribution in [-0.4, -0.2) is 36.9 Å². The quantitative estimate of drug-likeness (QED) is 0.365. The fourth-order valence-electron chi connectivity index (χ4n) is 1.20. The van der Waals surface area contributed by atoms with Gasteiger partial charge in [-0.25, -0.2) is 0 Å². The normalized spacial score (nSPS) is 20.8. The molecule has 1 rings (SSSR count). The summed E-state index contributed by atoms with van der Waals surface area (Å²) in [6, 6.07) is -0.448. The zero-order valence-corrected chi connectivity index (χ0v) is 7.92. The van der Waals surface area contributed by atoms with E-state index in [4.69, 9.17) is 0 Å². The summed E-state index contributed by atoms with van der Waals surface area (Å²) in [5.74, 6) is -0.663. The van der Waals surface area contributed by atoms with E-state index in [9.17, 15) is 14.4 Å². The molecule has 0 spiro atoms. The molecule has 1 aliphatic rings. The summed E-state index contributed by atoms with van der Waals surface area (Å²) in [5.41, 5.74) is 0. The molecule has 0 aliphatic carbocycles. The maximum Gasteiger partial charge on any atom is 0.244 e. The average Bonchev–Trinajstić information content (AvgIpc) is 2.39. The Hall–Kier alpha value is -1.43. The van der Waals surface area contributed by atoms with Gasteiger partial charge in [0.05, 0.1) is 12.5 Å². The molecular weight excluding hydrogens is 186 g/mol. The van der Waals surface area contributed by atoms with E-state index in [0.717, 1.165) is 0 Å². The summed E-state index contributed by atoms with van der Waals surface area (Å²) in [6.07, 6.45) is 0.179. The Morgan fingerprint density at radius 2 is 2.21 bits per heavy atom. The Morgan fingerprint density at radius 1 is 1.50 bits per heavy atom. The van der Waals surface area contributed by atoms with Gasteiger partial charge in [0.2, 0.25) is 17.7 Å². The number of imide groups is 1. The topological polar surface area (TPSA) is 87.3 Å². The van der Waals surface area contributed by atoms with Crippen LogP contribution < -0.4 is 16.0 Å². The van der Waals surface area contributed by atoms with E-state index >= 15 is 0 Å². The van der Waals surface area contributed by atoms with Crippen LogP contribution in [0.15, 0.2) is 0 Å². The highest BCUT2D eigenvalue weighted by Crippen LogP contribution is 1.99. The molecule has 0 aromatic rings. The third-order valence-corrected chi connectivity index (χ3v) is 1.86. The van der Waals surface area contributed by atoms with Crippen LogP contribution in [0.1, 0.15) is 13.3 Å². The minimum absolute atomic E-state index is 0.112. The Morgan fingerprint density at radius 3 is 2.71 bits per heavy atom. The first-order chi connectivity index (χ1) is 6.59. The number of rotatable bonds is 4. The van der Waals surface area contributed by atoms with E-state index in [1.807, 2.05) is 0 Å². The molecule has 0 aromatic heterocycles. The summed E-state index contributed by atoms with van der Waals surface area (Å²) in [5, 5.41) is 7.64. The van der Waals surface area contributed by atoms with E-state index in [-0.39, 0.29) is 24.1 Å². The molecule has 1 atom stereocenters. The van der Waals surface area contributed by atoms with Crippen molar-refractivity contribution in [2.45, 2.75) is 19.4 Å². The number of hydrogen-bond donors (Lipinski definition) is 3. The smallest absolute Gasteiger partial charge is 0.244 e.